The molecule has 37 heavy (non-hydrogen) atoms. The van der Waals surface area contributed by atoms with E-state index >= 15 is 0 Å². The molecule has 2 aliphatic heterocycles. The van der Waals surface area contributed by atoms with Crippen LogP contribution in [-0.2, 0) is 0 Å². The Balaban J connectivity index is 1.44. The van der Waals surface area contributed by atoms with Crippen LogP contribution in [0.3, 0.4) is 0 Å². The molecule has 0 amide bonds. The second kappa shape index (κ2) is 8.83. The van der Waals surface area contributed by atoms with Crippen molar-refractivity contribution in [2.24, 2.45) is 4.99 Å². The van der Waals surface area contributed by atoms with E-state index in [0.29, 0.717) is 0 Å². The minimum absolute atomic E-state index is 0.900. The summed E-state index contributed by atoms with van der Waals surface area (Å²) < 4.78 is 0. The van der Waals surface area contributed by atoms with E-state index in [-0.39, 0.29) is 0 Å². The number of nitrogens with one attached hydrogen (secondary N) is 1. The third-order valence-electron chi connectivity index (χ3n) is 7.11. The van der Waals surface area contributed by atoms with Gasteiger partial charge in [-0.15, -0.1) is 22.7 Å². The van der Waals surface area contributed by atoms with Gasteiger partial charge in [0.2, 0.25) is 0 Å². The standard InChI is InChI=1S/C29H28N6S2/c1-18-16-20(26-30-22-8-4-5-9-23(22)31-26)28(36-18)35-25-11-7-6-10-24(25)32-27(21-17-19(2)37-29(21)35)34-14-12-33(3)13-15-34/h4-11,16-17H,12-15H2,1-3H3,(H,30,31). The van der Waals surface area contributed by atoms with Gasteiger partial charge in [0.1, 0.15) is 21.7 Å². The molecule has 5 aromatic rings. The molecule has 0 spiro atoms. The summed E-state index contributed by atoms with van der Waals surface area (Å²) in [5.74, 6) is 1.98. The molecular weight excluding hydrogens is 496 g/mol. The van der Waals surface area contributed by atoms with Gasteiger partial charge in [-0.1, -0.05) is 24.3 Å². The van der Waals surface area contributed by atoms with E-state index in [1.54, 1.807) is 0 Å². The fourth-order valence-electron chi connectivity index (χ4n) is 5.24. The molecule has 0 saturated carbocycles. The molecule has 0 radical (unpaired) electrons. The lowest BCUT2D eigenvalue weighted by atomic mass is 10.2. The Morgan fingerprint density at radius 1 is 0.811 bits per heavy atom. The summed E-state index contributed by atoms with van der Waals surface area (Å²) in [4.78, 5) is 23.7. The molecule has 0 bridgehead atoms. The second-order valence-electron chi connectivity index (χ2n) is 9.80. The first-order chi connectivity index (χ1) is 18.0. The van der Waals surface area contributed by atoms with Crippen LogP contribution in [0.15, 0.2) is 65.7 Å². The third-order valence-corrected chi connectivity index (χ3v) is 9.19. The number of H-pyrrole nitrogens is 1. The van der Waals surface area contributed by atoms with E-state index < -0.39 is 0 Å². The van der Waals surface area contributed by atoms with Gasteiger partial charge >= 0.3 is 0 Å². The number of hydrogen-bond donors (Lipinski definition) is 1. The lowest BCUT2D eigenvalue weighted by Crippen LogP contribution is -2.47. The molecule has 0 unspecified atom stereocenters. The van der Waals surface area contributed by atoms with Crippen molar-refractivity contribution in [2.45, 2.75) is 13.8 Å². The van der Waals surface area contributed by atoms with Crippen LogP contribution in [0.5, 0.6) is 0 Å². The van der Waals surface area contributed by atoms with Crippen LogP contribution in [0.1, 0.15) is 15.3 Å². The highest BCUT2D eigenvalue weighted by Gasteiger charge is 2.32. The van der Waals surface area contributed by atoms with E-state index in [0.717, 1.165) is 65.8 Å². The molecule has 7 rings (SSSR count). The summed E-state index contributed by atoms with van der Waals surface area (Å²) >= 11 is 3.65. The Labute approximate surface area is 224 Å². The molecule has 1 saturated heterocycles. The lowest BCUT2D eigenvalue weighted by molar-refractivity contribution is 0.216. The topological polar surface area (TPSA) is 50.8 Å². The molecule has 186 valence electrons. The monoisotopic (exact) mass is 524 g/mol. The van der Waals surface area contributed by atoms with Crippen LogP contribution in [0.2, 0.25) is 0 Å². The zero-order valence-electron chi connectivity index (χ0n) is 21.2. The van der Waals surface area contributed by atoms with Gasteiger partial charge < -0.3 is 14.8 Å². The van der Waals surface area contributed by atoms with Gasteiger partial charge in [-0.25, -0.2) is 9.98 Å². The molecule has 1 fully saturated rings. The number of amidine groups is 1. The van der Waals surface area contributed by atoms with Crippen molar-refractivity contribution in [1.82, 2.24) is 19.8 Å². The lowest BCUT2D eigenvalue weighted by Gasteiger charge is -2.34. The number of para-hydroxylation sites is 4. The summed E-state index contributed by atoms with van der Waals surface area (Å²) in [5.41, 5.74) is 6.47. The summed E-state index contributed by atoms with van der Waals surface area (Å²) in [6, 6.07) is 21.4. The summed E-state index contributed by atoms with van der Waals surface area (Å²) in [6.45, 7) is 8.43. The van der Waals surface area contributed by atoms with Crippen LogP contribution >= 0.6 is 22.7 Å². The SMILES string of the molecule is Cc1cc2c(s1)N(c1sc(C)cc1-c1nc3ccccc3[nH]1)c1ccccc1N=C2N1CCN(C)CC1. The largest absolute Gasteiger partial charge is 0.353 e. The highest BCUT2D eigenvalue weighted by Crippen LogP contribution is 2.52. The zero-order valence-corrected chi connectivity index (χ0v) is 22.8. The van der Waals surface area contributed by atoms with Gasteiger partial charge in [0.15, 0.2) is 0 Å². The number of nitrogens with zero attached hydrogens (tertiary/aromatic N) is 5. The van der Waals surface area contributed by atoms with Gasteiger partial charge in [-0.05, 0) is 57.3 Å². The quantitative estimate of drug-likeness (QED) is 0.268. The molecule has 0 atom stereocenters. The molecule has 5 heterocycles. The van der Waals surface area contributed by atoms with Crippen molar-refractivity contribution >= 4 is 60.9 Å². The first-order valence-electron chi connectivity index (χ1n) is 12.6. The summed E-state index contributed by atoms with van der Waals surface area (Å²) in [5, 5.41) is 2.39. The van der Waals surface area contributed by atoms with Gasteiger partial charge in [0.25, 0.3) is 0 Å². The fraction of sp³-hybridized carbons (Fsp3) is 0.241. The van der Waals surface area contributed by atoms with Crippen LogP contribution < -0.4 is 4.90 Å². The van der Waals surface area contributed by atoms with Gasteiger partial charge in [0.05, 0.1) is 33.5 Å². The Morgan fingerprint density at radius 3 is 2.27 bits per heavy atom. The highest BCUT2D eigenvalue weighted by atomic mass is 32.1. The van der Waals surface area contributed by atoms with Crippen molar-refractivity contribution < 1.29 is 0 Å². The van der Waals surface area contributed by atoms with E-state index in [1.165, 1.54) is 25.3 Å². The number of aryl methyl sites for hydroxylation is 2. The van der Waals surface area contributed by atoms with Crippen molar-refractivity contribution in [3.05, 3.63) is 76.0 Å². The highest BCUT2D eigenvalue weighted by molar-refractivity contribution is 7.19. The Kier molecular flexibility index (Phi) is 5.42. The van der Waals surface area contributed by atoms with Crippen LogP contribution in [0.25, 0.3) is 22.4 Å². The number of thiophene rings is 2. The number of fused-ring (bicyclic) bond motifs is 3. The smallest absolute Gasteiger partial charge is 0.141 e. The number of likely N-dealkylation sites (N-methyl/N-ethyl adjacent to an activating group) is 1. The normalized spacial score (nSPS) is 16.0. The summed E-state index contributed by atoms with van der Waals surface area (Å²) in [6.07, 6.45) is 0. The molecule has 2 aromatic carbocycles. The number of imidazole rings is 1. The maximum atomic E-state index is 5.33. The van der Waals surface area contributed by atoms with E-state index in [9.17, 15) is 0 Å². The average Bonchev–Trinajstić information content (AvgIpc) is 3.59. The molecule has 3 aromatic heterocycles. The van der Waals surface area contributed by atoms with E-state index in [4.69, 9.17) is 9.98 Å². The van der Waals surface area contributed by atoms with E-state index in [1.807, 2.05) is 34.8 Å². The minimum atomic E-state index is 0.900. The van der Waals surface area contributed by atoms with Gasteiger partial charge in [0, 0.05) is 35.9 Å². The van der Waals surface area contributed by atoms with Crippen molar-refractivity contribution in [2.75, 3.05) is 38.1 Å². The number of benzene rings is 2. The van der Waals surface area contributed by atoms with E-state index in [2.05, 4.69) is 89.1 Å². The predicted molar refractivity (Wildman–Crippen MR) is 157 cm³/mol. The zero-order chi connectivity index (χ0) is 25.1. The Bertz CT molecular complexity index is 1620. The number of rotatable bonds is 2. The van der Waals surface area contributed by atoms with Crippen molar-refractivity contribution in [3.63, 3.8) is 0 Å². The predicted octanol–water partition coefficient (Wildman–Crippen LogP) is 7.08. The van der Waals surface area contributed by atoms with Crippen LogP contribution in [0.4, 0.5) is 21.4 Å². The maximum Gasteiger partial charge on any atom is 0.141 e. The maximum absolute atomic E-state index is 5.33. The fourth-order valence-corrected chi connectivity index (χ4v) is 7.35. The van der Waals surface area contributed by atoms with Gasteiger partial charge in [-0.3, -0.25) is 4.90 Å². The third kappa shape index (κ3) is 3.87. The Hall–Kier alpha value is -3.46. The number of anilines is 3. The second-order valence-corrected chi connectivity index (χ2v) is 12.3. The molecule has 6 nitrogen and oxygen atoms in total. The average molecular weight is 525 g/mol. The van der Waals surface area contributed by atoms with Crippen molar-refractivity contribution in [1.29, 1.82) is 0 Å². The minimum Gasteiger partial charge on any atom is -0.353 e. The Morgan fingerprint density at radius 2 is 1.49 bits per heavy atom. The number of piperazine rings is 1. The number of aliphatic imine (C=N–C) groups is 1. The summed E-state index contributed by atoms with van der Waals surface area (Å²) in [7, 11) is 2.20. The number of hydrogen-bond acceptors (Lipinski definition) is 7. The van der Waals surface area contributed by atoms with Gasteiger partial charge in [-0.2, -0.15) is 0 Å². The van der Waals surface area contributed by atoms with Crippen LogP contribution in [0, 0.1) is 13.8 Å². The molecule has 8 heteroatoms. The molecule has 1 N–H and O–H groups in total. The number of aromatic nitrogens is 2. The first-order valence-corrected chi connectivity index (χ1v) is 14.3. The number of aromatic amines is 1. The first kappa shape index (κ1) is 22.7. The van der Waals surface area contributed by atoms with Crippen molar-refractivity contribution in [3.8, 4) is 11.4 Å². The molecular formula is C29H28N6S2. The van der Waals surface area contributed by atoms with Crippen LogP contribution in [-0.4, -0.2) is 58.8 Å². The molecule has 2 aliphatic rings. The molecule has 0 aliphatic carbocycles.